The van der Waals surface area contributed by atoms with E-state index in [4.69, 9.17) is 19.9 Å². The highest BCUT2D eigenvalue weighted by atomic mass is 32.1. The normalized spacial score (nSPS) is 16.5. The van der Waals surface area contributed by atoms with Gasteiger partial charge in [-0.05, 0) is 18.2 Å². The summed E-state index contributed by atoms with van der Waals surface area (Å²) >= 11 is 1.23. The lowest BCUT2D eigenvalue weighted by Crippen LogP contribution is -2.42. The number of pyridine rings is 1. The topological polar surface area (TPSA) is 104 Å². The van der Waals surface area contributed by atoms with Gasteiger partial charge in [-0.2, -0.15) is 0 Å². The second-order valence-corrected chi connectivity index (χ2v) is 7.71. The number of morpholine rings is 1. The van der Waals surface area contributed by atoms with Crippen molar-refractivity contribution in [1.82, 2.24) is 9.88 Å². The summed E-state index contributed by atoms with van der Waals surface area (Å²) in [5.41, 5.74) is 6.66. The van der Waals surface area contributed by atoms with E-state index in [1.807, 2.05) is 6.07 Å². The van der Waals surface area contributed by atoms with Crippen LogP contribution < -0.4 is 15.2 Å². The van der Waals surface area contributed by atoms with Gasteiger partial charge in [-0.15, -0.1) is 11.3 Å². The minimum atomic E-state index is -0.536. The molecule has 8 nitrogen and oxygen atoms in total. The van der Waals surface area contributed by atoms with Crippen LogP contribution in [0.3, 0.4) is 0 Å². The molecular formula is C21H21N3O5S. The number of aromatic nitrogens is 1. The molecule has 1 fully saturated rings. The van der Waals surface area contributed by atoms with E-state index in [-0.39, 0.29) is 12.5 Å². The van der Waals surface area contributed by atoms with Gasteiger partial charge >= 0.3 is 0 Å². The highest BCUT2D eigenvalue weighted by Gasteiger charge is 2.33. The Morgan fingerprint density at radius 2 is 1.93 bits per heavy atom. The number of thiophene rings is 1. The zero-order valence-electron chi connectivity index (χ0n) is 16.6. The van der Waals surface area contributed by atoms with Crippen LogP contribution in [0.1, 0.15) is 31.7 Å². The van der Waals surface area contributed by atoms with Gasteiger partial charge < -0.3 is 24.8 Å². The zero-order chi connectivity index (χ0) is 21.3. The number of hydrogen-bond acceptors (Lipinski definition) is 7. The van der Waals surface area contributed by atoms with Crippen LogP contribution in [0.15, 0.2) is 36.5 Å². The zero-order valence-corrected chi connectivity index (χ0v) is 17.4. The van der Waals surface area contributed by atoms with Crippen molar-refractivity contribution < 1.29 is 23.8 Å². The van der Waals surface area contributed by atoms with Crippen molar-refractivity contribution in [2.24, 2.45) is 5.73 Å². The molecule has 0 aliphatic carbocycles. The van der Waals surface area contributed by atoms with Crippen LogP contribution in [0.4, 0.5) is 0 Å². The van der Waals surface area contributed by atoms with Crippen LogP contribution in [-0.4, -0.2) is 55.6 Å². The van der Waals surface area contributed by atoms with Gasteiger partial charge in [0.15, 0.2) is 0 Å². The SMILES string of the molecule is COc1cccc(OC)c1C(=O)N1CCO[C@@H](c2c(C(N)=O)sc3ncccc23)C1. The van der Waals surface area contributed by atoms with E-state index in [2.05, 4.69) is 4.98 Å². The first kappa shape index (κ1) is 20.1. The summed E-state index contributed by atoms with van der Waals surface area (Å²) in [6.07, 6.45) is 1.17. The minimum Gasteiger partial charge on any atom is -0.496 e. The van der Waals surface area contributed by atoms with Crippen LogP contribution in [-0.2, 0) is 4.74 Å². The number of primary amides is 1. The fraction of sp³-hybridized carbons (Fsp3) is 0.286. The van der Waals surface area contributed by atoms with Crippen molar-refractivity contribution in [2.75, 3.05) is 33.9 Å². The lowest BCUT2D eigenvalue weighted by Gasteiger charge is -2.34. The van der Waals surface area contributed by atoms with Gasteiger partial charge in [0.05, 0.1) is 27.4 Å². The second kappa shape index (κ2) is 8.29. The van der Waals surface area contributed by atoms with Crippen molar-refractivity contribution >= 4 is 33.4 Å². The minimum absolute atomic E-state index is 0.226. The summed E-state index contributed by atoms with van der Waals surface area (Å²) in [7, 11) is 3.02. The molecule has 0 unspecified atom stereocenters. The van der Waals surface area contributed by atoms with E-state index in [1.165, 1.54) is 25.6 Å². The quantitative estimate of drug-likeness (QED) is 0.671. The summed E-state index contributed by atoms with van der Waals surface area (Å²) < 4.78 is 16.7. The Morgan fingerprint density at radius 1 is 1.20 bits per heavy atom. The molecule has 1 aromatic carbocycles. The smallest absolute Gasteiger partial charge is 0.261 e. The third-order valence-electron chi connectivity index (χ3n) is 5.05. The second-order valence-electron chi connectivity index (χ2n) is 6.71. The molecule has 1 aliphatic rings. The Morgan fingerprint density at radius 3 is 2.60 bits per heavy atom. The number of fused-ring (bicyclic) bond motifs is 1. The van der Waals surface area contributed by atoms with E-state index < -0.39 is 12.0 Å². The Bertz CT molecular complexity index is 1090. The standard InChI is InChI=1S/C21H21N3O5S/c1-27-13-6-3-7-14(28-2)17(13)21(26)24-9-10-29-15(11-24)16-12-5-4-8-23-20(12)30-18(16)19(22)25/h3-8,15H,9-11H2,1-2H3,(H2,22,25)/t15-/m1/s1. The van der Waals surface area contributed by atoms with Crippen LogP contribution in [0, 0.1) is 0 Å². The monoisotopic (exact) mass is 427 g/mol. The van der Waals surface area contributed by atoms with Gasteiger partial charge in [0.2, 0.25) is 0 Å². The molecule has 2 aromatic heterocycles. The molecule has 1 saturated heterocycles. The lowest BCUT2D eigenvalue weighted by molar-refractivity contribution is -0.0224. The number of rotatable bonds is 5. The summed E-state index contributed by atoms with van der Waals surface area (Å²) in [5, 5.41) is 0.811. The number of nitrogens with two attached hydrogens (primary N) is 1. The number of methoxy groups -OCH3 is 2. The fourth-order valence-electron chi connectivity index (χ4n) is 3.68. The largest absolute Gasteiger partial charge is 0.496 e. The van der Waals surface area contributed by atoms with Crippen molar-refractivity contribution in [3.63, 3.8) is 0 Å². The molecule has 0 saturated carbocycles. The molecule has 4 rings (SSSR count). The molecule has 0 spiro atoms. The summed E-state index contributed by atoms with van der Waals surface area (Å²) in [5.74, 6) is 0.109. The van der Waals surface area contributed by atoms with Crippen LogP contribution in [0.5, 0.6) is 11.5 Å². The molecule has 9 heteroatoms. The number of hydrogen-bond donors (Lipinski definition) is 1. The number of carbonyl (C=O) groups is 2. The molecule has 1 atom stereocenters. The maximum Gasteiger partial charge on any atom is 0.261 e. The van der Waals surface area contributed by atoms with E-state index in [0.29, 0.717) is 45.5 Å². The average molecular weight is 427 g/mol. The first-order chi connectivity index (χ1) is 14.5. The van der Waals surface area contributed by atoms with E-state index in [1.54, 1.807) is 35.4 Å². The highest BCUT2D eigenvalue weighted by molar-refractivity contribution is 7.20. The summed E-state index contributed by atoms with van der Waals surface area (Å²) in [6, 6.07) is 8.89. The van der Waals surface area contributed by atoms with Crippen LogP contribution >= 0.6 is 11.3 Å². The molecule has 3 heterocycles. The van der Waals surface area contributed by atoms with Crippen molar-refractivity contribution in [2.45, 2.75) is 6.10 Å². The Labute approximate surface area is 177 Å². The van der Waals surface area contributed by atoms with Gasteiger partial charge in [0, 0.05) is 23.7 Å². The number of carbonyl (C=O) groups excluding carboxylic acids is 2. The predicted octanol–water partition coefficient (Wildman–Crippen LogP) is 2.63. The van der Waals surface area contributed by atoms with Crippen molar-refractivity contribution in [3.05, 3.63) is 52.5 Å². The van der Waals surface area contributed by atoms with Crippen LogP contribution in [0.2, 0.25) is 0 Å². The van der Waals surface area contributed by atoms with Gasteiger partial charge in [-0.1, -0.05) is 12.1 Å². The molecule has 1 aliphatic heterocycles. The van der Waals surface area contributed by atoms with Gasteiger partial charge in [-0.25, -0.2) is 4.98 Å². The fourth-order valence-corrected chi connectivity index (χ4v) is 4.73. The van der Waals surface area contributed by atoms with Crippen molar-refractivity contribution in [1.29, 1.82) is 0 Å². The molecule has 156 valence electrons. The first-order valence-corrected chi connectivity index (χ1v) is 10.2. The molecule has 2 amide bonds. The third kappa shape index (κ3) is 3.46. The van der Waals surface area contributed by atoms with Gasteiger partial charge in [0.25, 0.3) is 11.8 Å². The van der Waals surface area contributed by atoms with E-state index in [9.17, 15) is 9.59 Å². The van der Waals surface area contributed by atoms with Gasteiger partial charge in [0.1, 0.15) is 32.9 Å². The molecular weight excluding hydrogens is 406 g/mol. The van der Waals surface area contributed by atoms with E-state index >= 15 is 0 Å². The Kier molecular flexibility index (Phi) is 5.56. The molecule has 30 heavy (non-hydrogen) atoms. The predicted molar refractivity (Wildman–Crippen MR) is 112 cm³/mol. The van der Waals surface area contributed by atoms with Gasteiger partial charge in [-0.3, -0.25) is 9.59 Å². The Balaban J connectivity index is 1.70. The highest BCUT2D eigenvalue weighted by Crippen LogP contribution is 2.38. The van der Waals surface area contributed by atoms with Crippen LogP contribution in [0.25, 0.3) is 10.2 Å². The number of amides is 2. The third-order valence-corrected chi connectivity index (χ3v) is 6.19. The molecule has 0 bridgehead atoms. The Hall–Kier alpha value is -3.17. The number of ether oxygens (including phenoxy) is 3. The van der Waals surface area contributed by atoms with Crippen molar-refractivity contribution in [3.8, 4) is 11.5 Å². The number of nitrogens with zero attached hydrogens (tertiary/aromatic N) is 2. The molecule has 3 aromatic rings. The molecule has 2 N–H and O–H groups in total. The summed E-state index contributed by atoms with van der Waals surface area (Å²) in [6.45, 7) is 0.994. The average Bonchev–Trinajstić information content (AvgIpc) is 3.18. The maximum atomic E-state index is 13.4. The summed E-state index contributed by atoms with van der Waals surface area (Å²) in [4.78, 5) is 32.6. The lowest BCUT2D eigenvalue weighted by atomic mass is 10.0. The first-order valence-electron chi connectivity index (χ1n) is 9.34. The maximum absolute atomic E-state index is 13.4. The number of benzene rings is 1. The molecule has 0 radical (unpaired) electrons. The van der Waals surface area contributed by atoms with E-state index in [0.717, 1.165) is 5.39 Å².